The summed E-state index contributed by atoms with van der Waals surface area (Å²) in [5, 5.41) is 3.30. The van der Waals surface area contributed by atoms with Crippen molar-refractivity contribution >= 4 is 46.6 Å². The largest absolute Gasteiger partial charge is 0.319 e. The number of pyridine rings is 2. The number of rotatable bonds is 4. The Bertz CT molecular complexity index is 997. The van der Waals surface area contributed by atoms with Crippen molar-refractivity contribution in [2.45, 2.75) is 17.6 Å². The summed E-state index contributed by atoms with van der Waals surface area (Å²) >= 11 is 7.78. The predicted octanol–water partition coefficient (Wildman–Crippen LogP) is 5.15. The van der Waals surface area contributed by atoms with Gasteiger partial charge in [-0.05, 0) is 42.8 Å². The van der Waals surface area contributed by atoms with Crippen LogP contribution in [0.5, 0.6) is 0 Å². The summed E-state index contributed by atoms with van der Waals surface area (Å²) in [7, 11) is 0. The molecule has 0 saturated carbocycles. The first-order valence-electron chi connectivity index (χ1n) is 8.58. The molecule has 0 unspecified atom stereocenters. The maximum Gasteiger partial charge on any atom is 0.259 e. The van der Waals surface area contributed by atoms with Crippen LogP contribution >= 0.6 is 23.4 Å². The third kappa shape index (κ3) is 3.63. The second-order valence-corrected chi connectivity index (χ2v) is 7.46. The van der Waals surface area contributed by atoms with Crippen molar-refractivity contribution in [2.75, 3.05) is 16.8 Å². The van der Waals surface area contributed by atoms with Crippen molar-refractivity contribution < 1.29 is 4.79 Å². The van der Waals surface area contributed by atoms with Gasteiger partial charge in [-0.3, -0.25) is 4.79 Å². The molecule has 27 heavy (non-hydrogen) atoms. The number of benzene rings is 1. The summed E-state index contributed by atoms with van der Waals surface area (Å²) in [6.45, 7) is 2.61. The molecule has 0 aliphatic carbocycles. The normalized spacial score (nSPS) is 12.8. The van der Waals surface area contributed by atoms with E-state index in [9.17, 15) is 4.79 Å². The molecule has 1 aliphatic rings. The van der Waals surface area contributed by atoms with Gasteiger partial charge in [0.15, 0.2) is 5.82 Å². The number of hydrogen-bond acceptors (Lipinski definition) is 5. The number of fused-ring (bicyclic) bond motifs is 2. The molecule has 1 N–H and O–H groups in total. The summed E-state index contributed by atoms with van der Waals surface area (Å²) in [6.07, 6.45) is 1.82. The standard InChI is InChI=1S/C20H17ClN4OS/c1-2-25-18-15(20(26)23-16-8-9-17(21)24-19(16)25)10-13(11-22-18)12-27-14-6-4-3-5-7-14/h3-11H,2,12H2,1H3,(H,23,26). The number of anilines is 3. The van der Waals surface area contributed by atoms with Crippen LogP contribution in [0.15, 0.2) is 59.6 Å². The van der Waals surface area contributed by atoms with E-state index < -0.39 is 0 Å². The molecule has 0 spiro atoms. The molecular weight excluding hydrogens is 380 g/mol. The van der Waals surface area contributed by atoms with E-state index in [1.54, 1.807) is 23.9 Å². The summed E-state index contributed by atoms with van der Waals surface area (Å²) in [5.74, 6) is 1.75. The Balaban J connectivity index is 1.68. The summed E-state index contributed by atoms with van der Waals surface area (Å²) in [5.41, 5.74) is 2.16. The van der Waals surface area contributed by atoms with Crippen molar-refractivity contribution in [1.29, 1.82) is 0 Å². The number of nitrogens with one attached hydrogen (secondary N) is 1. The van der Waals surface area contributed by atoms with E-state index in [0.717, 1.165) is 11.3 Å². The highest BCUT2D eigenvalue weighted by Gasteiger charge is 2.27. The lowest BCUT2D eigenvalue weighted by atomic mass is 10.2. The lowest BCUT2D eigenvalue weighted by Crippen LogP contribution is -2.20. The Morgan fingerprint density at radius 1 is 1.15 bits per heavy atom. The number of halogens is 1. The van der Waals surface area contributed by atoms with Crippen molar-refractivity contribution in [3.63, 3.8) is 0 Å². The van der Waals surface area contributed by atoms with Crippen molar-refractivity contribution in [3.8, 4) is 0 Å². The molecule has 0 saturated heterocycles. The van der Waals surface area contributed by atoms with Gasteiger partial charge in [-0.25, -0.2) is 9.97 Å². The first kappa shape index (κ1) is 17.8. The van der Waals surface area contributed by atoms with Gasteiger partial charge in [-0.1, -0.05) is 29.8 Å². The van der Waals surface area contributed by atoms with Gasteiger partial charge in [-0.2, -0.15) is 0 Å². The minimum atomic E-state index is -0.189. The molecule has 3 heterocycles. The van der Waals surface area contributed by atoms with Crippen LogP contribution in [0.3, 0.4) is 0 Å². The predicted molar refractivity (Wildman–Crippen MR) is 110 cm³/mol. The molecule has 136 valence electrons. The Labute approximate surface area is 166 Å². The van der Waals surface area contributed by atoms with E-state index in [-0.39, 0.29) is 5.91 Å². The first-order chi connectivity index (χ1) is 13.2. The zero-order valence-corrected chi connectivity index (χ0v) is 16.2. The van der Waals surface area contributed by atoms with Crippen LogP contribution in [0.1, 0.15) is 22.8 Å². The quantitative estimate of drug-likeness (QED) is 0.488. The second kappa shape index (κ2) is 7.58. The third-order valence-corrected chi connectivity index (χ3v) is 5.53. The molecule has 3 aromatic rings. The maximum absolute atomic E-state index is 12.8. The van der Waals surface area contributed by atoms with Gasteiger partial charge in [0.2, 0.25) is 0 Å². The summed E-state index contributed by atoms with van der Waals surface area (Å²) in [4.78, 5) is 24.9. The average Bonchev–Trinajstić information content (AvgIpc) is 2.81. The molecule has 1 amide bonds. The third-order valence-electron chi connectivity index (χ3n) is 4.23. The topological polar surface area (TPSA) is 58.1 Å². The van der Waals surface area contributed by atoms with E-state index in [4.69, 9.17) is 11.6 Å². The van der Waals surface area contributed by atoms with Crippen LogP contribution in [-0.2, 0) is 5.75 Å². The van der Waals surface area contributed by atoms with E-state index in [1.807, 2.05) is 42.3 Å². The molecule has 1 aromatic carbocycles. The molecule has 0 atom stereocenters. The number of thioether (sulfide) groups is 1. The van der Waals surface area contributed by atoms with Gasteiger partial charge in [0.05, 0.1) is 11.3 Å². The van der Waals surface area contributed by atoms with E-state index in [0.29, 0.717) is 34.6 Å². The zero-order valence-electron chi connectivity index (χ0n) is 14.6. The average molecular weight is 397 g/mol. The molecule has 0 fully saturated rings. The fraction of sp³-hybridized carbons (Fsp3) is 0.150. The molecular formula is C20H17ClN4OS. The second-order valence-electron chi connectivity index (χ2n) is 6.02. The Hall–Kier alpha value is -2.57. The number of nitrogens with zero attached hydrogens (tertiary/aromatic N) is 3. The van der Waals surface area contributed by atoms with E-state index in [2.05, 4.69) is 27.4 Å². The van der Waals surface area contributed by atoms with Crippen molar-refractivity contribution in [1.82, 2.24) is 9.97 Å². The van der Waals surface area contributed by atoms with Gasteiger partial charge in [0.25, 0.3) is 5.91 Å². The molecule has 2 aromatic heterocycles. The number of aromatic nitrogens is 2. The Morgan fingerprint density at radius 2 is 1.96 bits per heavy atom. The highest BCUT2D eigenvalue weighted by atomic mass is 35.5. The van der Waals surface area contributed by atoms with Gasteiger partial charge in [0.1, 0.15) is 11.0 Å². The highest BCUT2D eigenvalue weighted by Crippen LogP contribution is 2.36. The minimum absolute atomic E-state index is 0.189. The van der Waals surface area contributed by atoms with Crippen molar-refractivity contribution in [3.05, 3.63) is 71.0 Å². The Morgan fingerprint density at radius 3 is 2.74 bits per heavy atom. The van der Waals surface area contributed by atoms with Gasteiger partial charge >= 0.3 is 0 Å². The fourth-order valence-electron chi connectivity index (χ4n) is 2.96. The first-order valence-corrected chi connectivity index (χ1v) is 9.94. The van der Waals surface area contributed by atoms with E-state index in [1.165, 1.54) is 4.90 Å². The molecule has 0 radical (unpaired) electrons. The molecule has 5 nitrogen and oxygen atoms in total. The Kier molecular flexibility index (Phi) is 5.01. The van der Waals surface area contributed by atoms with E-state index >= 15 is 0 Å². The summed E-state index contributed by atoms with van der Waals surface area (Å²) < 4.78 is 0. The molecule has 4 rings (SSSR count). The van der Waals surface area contributed by atoms with Gasteiger partial charge < -0.3 is 10.2 Å². The lowest BCUT2D eigenvalue weighted by Gasteiger charge is -2.22. The van der Waals surface area contributed by atoms with Crippen LogP contribution < -0.4 is 10.2 Å². The van der Waals surface area contributed by atoms with Crippen LogP contribution in [0.2, 0.25) is 5.15 Å². The van der Waals surface area contributed by atoms with Gasteiger partial charge in [0, 0.05) is 23.4 Å². The number of amides is 1. The zero-order chi connectivity index (χ0) is 18.8. The minimum Gasteiger partial charge on any atom is -0.319 e. The van der Waals surface area contributed by atoms with Crippen LogP contribution in [-0.4, -0.2) is 22.4 Å². The fourth-order valence-corrected chi connectivity index (χ4v) is 3.95. The molecule has 7 heteroatoms. The lowest BCUT2D eigenvalue weighted by molar-refractivity contribution is 0.102. The SMILES string of the molecule is CCN1c2nc(Cl)ccc2NC(=O)c2cc(CSc3ccccc3)cnc21. The highest BCUT2D eigenvalue weighted by molar-refractivity contribution is 7.98. The van der Waals surface area contributed by atoms with Gasteiger partial charge in [-0.15, -0.1) is 11.8 Å². The smallest absolute Gasteiger partial charge is 0.259 e. The monoisotopic (exact) mass is 396 g/mol. The molecule has 1 aliphatic heterocycles. The number of carbonyl (C=O) groups excluding carboxylic acids is 1. The number of carbonyl (C=O) groups is 1. The summed E-state index contributed by atoms with van der Waals surface area (Å²) in [6, 6.07) is 15.5. The van der Waals surface area contributed by atoms with Crippen LogP contribution in [0.4, 0.5) is 17.3 Å². The van der Waals surface area contributed by atoms with Crippen molar-refractivity contribution in [2.24, 2.45) is 0 Å². The number of hydrogen-bond donors (Lipinski definition) is 1. The van der Waals surface area contributed by atoms with Crippen LogP contribution in [0.25, 0.3) is 0 Å². The van der Waals surface area contributed by atoms with Crippen LogP contribution in [0, 0.1) is 0 Å². The molecule has 0 bridgehead atoms. The maximum atomic E-state index is 12.8.